The molecule has 3 unspecified atom stereocenters. The molecule has 1 saturated heterocycles. The van der Waals surface area contributed by atoms with Crippen molar-refractivity contribution in [3.8, 4) is 0 Å². The Morgan fingerprint density at radius 2 is 2.33 bits per heavy atom. The fourth-order valence-electron chi connectivity index (χ4n) is 2.22. The van der Waals surface area contributed by atoms with Gasteiger partial charge in [-0.05, 0) is 38.3 Å². The van der Waals surface area contributed by atoms with Crippen LogP contribution in [0.3, 0.4) is 0 Å². The standard InChI is InChI=1S/C14H23NO3/c1-3-12(15)14(13-7-6-10(2)18-13)17-9-11-5-4-8-16-11/h6-7,11-12,14H,3-5,8-9,15H2,1-2H3. The van der Waals surface area contributed by atoms with Crippen molar-refractivity contribution in [1.82, 2.24) is 0 Å². The maximum Gasteiger partial charge on any atom is 0.134 e. The van der Waals surface area contributed by atoms with Gasteiger partial charge in [0, 0.05) is 12.6 Å². The highest BCUT2D eigenvalue weighted by Gasteiger charge is 2.25. The van der Waals surface area contributed by atoms with Crippen LogP contribution < -0.4 is 5.73 Å². The van der Waals surface area contributed by atoms with Gasteiger partial charge in [0.2, 0.25) is 0 Å². The largest absolute Gasteiger partial charge is 0.464 e. The highest BCUT2D eigenvalue weighted by atomic mass is 16.5. The van der Waals surface area contributed by atoms with Crippen molar-refractivity contribution in [2.24, 2.45) is 5.73 Å². The first-order valence-corrected chi connectivity index (χ1v) is 6.75. The van der Waals surface area contributed by atoms with Gasteiger partial charge in [0.15, 0.2) is 0 Å². The van der Waals surface area contributed by atoms with E-state index in [0.29, 0.717) is 6.61 Å². The van der Waals surface area contributed by atoms with Crippen LogP contribution in [0, 0.1) is 6.92 Å². The fourth-order valence-corrected chi connectivity index (χ4v) is 2.22. The van der Waals surface area contributed by atoms with Crippen LogP contribution >= 0.6 is 0 Å². The molecule has 1 fully saturated rings. The summed E-state index contributed by atoms with van der Waals surface area (Å²) < 4.78 is 17.1. The second-order valence-corrected chi connectivity index (χ2v) is 4.91. The van der Waals surface area contributed by atoms with Crippen molar-refractivity contribution in [3.63, 3.8) is 0 Å². The van der Waals surface area contributed by atoms with Gasteiger partial charge in [-0.3, -0.25) is 0 Å². The van der Waals surface area contributed by atoms with Gasteiger partial charge in [0.1, 0.15) is 17.6 Å². The first-order valence-electron chi connectivity index (χ1n) is 6.75. The summed E-state index contributed by atoms with van der Waals surface area (Å²) in [6.45, 7) is 5.43. The van der Waals surface area contributed by atoms with Crippen molar-refractivity contribution in [2.75, 3.05) is 13.2 Å². The number of furan rings is 1. The summed E-state index contributed by atoms with van der Waals surface area (Å²) in [5.41, 5.74) is 6.12. The van der Waals surface area contributed by atoms with Gasteiger partial charge in [-0.1, -0.05) is 6.92 Å². The zero-order valence-electron chi connectivity index (χ0n) is 11.2. The highest BCUT2D eigenvalue weighted by molar-refractivity contribution is 5.10. The lowest BCUT2D eigenvalue weighted by Crippen LogP contribution is -2.31. The lowest BCUT2D eigenvalue weighted by atomic mass is 10.1. The molecule has 4 heteroatoms. The Morgan fingerprint density at radius 1 is 1.50 bits per heavy atom. The van der Waals surface area contributed by atoms with Crippen LogP contribution in [0.25, 0.3) is 0 Å². The topological polar surface area (TPSA) is 57.6 Å². The molecule has 2 heterocycles. The van der Waals surface area contributed by atoms with E-state index in [1.54, 1.807) is 0 Å². The van der Waals surface area contributed by atoms with Crippen molar-refractivity contribution < 1.29 is 13.9 Å². The summed E-state index contributed by atoms with van der Waals surface area (Å²) in [6, 6.07) is 3.85. The van der Waals surface area contributed by atoms with E-state index in [4.69, 9.17) is 19.6 Å². The van der Waals surface area contributed by atoms with Crippen molar-refractivity contribution >= 4 is 0 Å². The quantitative estimate of drug-likeness (QED) is 0.846. The average Bonchev–Trinajstić information content (AvgIpc) is 3.01. The lowest BCUT2D eigenvalue weighted by Gasteiger charge is -2.23. The minimum absolute atomic E-state index is 0.0445. The number of ether oxygens (including phenoxy) is 2. The molecule has 0 saturated carbocycles. The van der Waals surface area contributed by atoms with Crippen molar-refractivity contribution in [2.45, 2.75) is 51.4 Å². The lowest BCUT2D eigenvalue weighted by molar-refractivity contribution is -0.0388. The van der Waals surface area contributed by atoms with Crippen LogP contribution in [0.15, 0.2) is 16.5 Å². The van der Waals surface area contributed by atoms with E-state index in [1.165, 1.54) is 0 Å². The van der Waals surface area contributed by atoms with Crippen LogP contribution in [0.1, 0.15) is 43.8 Å². The monoisotopic (exact) mass is 253 g/mol. The molecule has 1 aliphatic rings. The zero-order valence-corrected chi connectivity index (χ0v) is 11.2. The molecule has 0 amide bonds. The van der Waals surface area contributed by atoms with Crippen LogP contribution in [0.2, 0.25) is 0 Å². The van der Waals surface area contributed by atoms with Crippen LogP contribution in [0.4, 0.5) is 0 Å². The Bertz CT molecular complexity index is 358. The highest BCUT2D eigenvalue weighted by Crippen LogP contribution is 2.25. The summed E-state index contributed by atoms with van der Waals surface area (Å²) >= 11 is 0. The third kappa shape index (κ3) is 3.34. The van der Waals surface area contributed by atoms with Crippen LogP contribution in [-0.2, 0) is 9.47 Å². The molecule has 1 aromatic heterocycles. The third-order valence-electron chi connectivity index (χ3n) is 3.39. The Balaban J connectivity index is 1.96. The molecule has 102 valence electrons. The first-order chi connectivity index (χ1) is 8.70. The second kappa shape index (κ2) is 6.36. The molecule has 18 heavy (non-hydrogen) atoms. The fraction of sp³-hybridized carbons (Fsp3) is 0.714. The van der Waals surface area contributed by atoms with E-state index < -0.39 is 0 Å². The second-order valence-electron chi connectivity index (χ2n) is 4.91. The molecule has 2 rings (SSSR count). The van der Waals surface area contributed by atoms with Gasteiger partial charge in [-0.25, -0.2) is 0 Å². The Hall–Kier alpha value is -0.840. The van der Waals surface area contributed by atoms with Gasteiger partial charge < -0.3 is 19.6 Å². The molecule has 0 aliphatic carbocycles. The van der Waals surface area contributed by atoms with Crippen molar-refractivity contribution in [1.29, 1.82) is 0 Å². The molecular weight excluding hydrogens is 230 g/mol. The first kappa shape index (κ1) is 13.6. The van der Waals surface area contributed by atoms with Gasteiger partial charge >= 0.3 is 0 Å². The smallest absolute Gasteiger partial charge is 0.134 e. The molecule has 0 aromatic carbocycles. The molecule has 3 atom stereocenters. The summed E-state index contributed by atoms with van der Waals surface area (Å²) in [4.78, 5) is 0. The maximum absolute atomic E-state index is 6.12. The minimum Gasteiger partial charge on any atom is -0.464 e. The number of hydrogen-bond acceptors (Lipinski definition) is 4. The molecule has 0 bridgehead atoms. The molecule has 0 radical (unpaired) electrons. The number of rotatable bonds is 6. The predicted molar refractivity (Wildman–Crippen MR) is 69.4 cm³/mol. The SMILES string of the molecule is CCC(N)C(OCC1CCCO1)c1ccc(C)o1. The van der Waals surface area contributed by atoms with Crippen LogP contribution in [0.5, 0.6) is 0 Å². The van der Waals surface area contributed by atoms with E-state index in [9.17, 15) is 0 Å². The van der Waals surface area contributed by atoms with Gasteiger partial charge in [-0.15, -0.1) is 0 Å². The van der Waals surface area contributed by atoms with Gasteiger partial charge in [0.05, 0.1) is 12.7 Å². The molecule has 1 aromatic rings. The number of aryl methyl sites for hydroxylation is 1. The summed E-state index contributed by atoms with van der Waals surface area (Å²) in [5.74, 6) is 1.71. The maximum atomic E-state index is 6.12. The molecule has 4 nitrogen and oxygen atoms in total. The average molecular weight is 253 g/mol. The molecule has 0 spiro atoms. The third-order valence-corrected chi connectivity index (χ3v) is 3.39. The van der Waals surface area contributed by atoms with E-state index in [-0.39, 0.29) is 18.2 Å². The van der Waals surface area contributed by atoms with E-state index >= 15 is 0 Å². The number of nitrogens with two attached hydrogens (primary N) is 1. The van der Waals surface area contributed by atoms with E-state index in [0.717, 1.165) is 37.4 Å². The zero-order chi connectivity index (χ0) is 13.0. The van der Waals surface area contributed by atoms with E-state index in [2.05, 4.69) is 6.92 Å². The Morgan fingerprint density at radius 3 is 2.89 bits per heavy atom. The normalized spacial score (nSPS) is 23.2. The predicted octanol–water partition coefficient (Wildman–Crippen LogP) is 2.56. The van der Waals surface area contributed by atoms with Crippen molar-refractivity contribution in [3.05, 3.63) is 23.7 Å². The summed E-state index contributed by atoms with van der Waals surface area (Å²) in [6.07, 6.45) is 3.10. The van der Waals surface area contributed by atoms with Gasteiger partial charge in [-0.2, -0.15) is 0 Å². The summed E-state index contributed by atoms with van der Waals surface area (Å²) in [7, 11) is 0. The summed E-state index contributed by atoms with van der Waals surface area (Å²) in [5, 5.41) is 0. The molecule has 2 N–H and O–H groups in total. The minimum atomic E-state index is -0.173. The number of hydrogen-bond donors (Lipinski definition) is 1. The molecule has 1 aliphatic heterocycles. The van der Waals surface area contributed by atoms with Gasteiger partial charge in [0.25, 0.3) is 0 Å². The van der Waals surface area contributed by atoms with E-state index in [1.807, 2.05) is 19.1 Å². The Kier molecular flexibility index (Phi) is 4.80. The Labute approximate surface area is 108 Å². The van der Waals surface area contributed by atoms with Crippen LogP contribution in [-0.4, -0.2) is 25.4 Å². The molecular formula is C14H23NO3.